The van der Waals surface area contributed by atoms with Gasteiger partial charge >= 0.3 is 0 Å². The lowest BCUT2D eigenvalue weighted by Crippen LogP contribution is -1.92. The van der Waals surface area contributed by atoms with E-state index in [0.717, 1.165) is 24.0 Å². The Bertz CT molecular complexity index is 315. The van der Waals surface area contributed by atoms with Crippen molar-refractivity contribution in [3.63, 3.8) is 0 Å². The molecule has 0 amide bonds. The number of phenolic OH excluding ortho intramolecular Hbond substituents is 1. The second kappa shape index (κ2) is 5.79. The maximum absolute atomic E-state index is 10.0. The van der Waals surface area contributed by atoms with Crippen LogP contribution in [-0.2, 0) is 12.8 Å². The molecule has 1 nitrogen and oxygen atoms in total. The summed E-state index contributed by atoms with van der Waals surface area (Å²) < 4.78 is 0. The van der Waals surface area contributed by atoms with Crippen molar-refractivity contribution in [1.82, 2.24) is 0 Å². The van der Waals surface area contributed by atoms with Crippen molar-refractivity contribution < 1.29 is 5.11 Å². The first-order chi connectivity index (χ1) is 7.19. The first-order valence-electron chi connectivity index (χ1n) is 6.00. The number of rotatable bonds is 5. The lowest BCUT2D eigenvalue weighted by Gasteiger charge is -2.10. The van der Waals surface area contributed by atoms with Gasteiger partial charge < -0.3 is 5.11 Å². The molecule has 0 heterocycles. The molecule has 0 radical (unpaired) electrons. The molecule has 0 unspecified atom stereocenters. The fourth-order valence-electron chi connectivity index (χ4n) is 1.96. The highest BCUT2D eigenvalue weighted by molar-refractivity contribution is 5.43. The van der Waals surface area contributed by atoms with E-state index in [9.17, 15) is 5.11 Å². The van der Waals surface area contributed by atoms with Crippen LogP contribution in [0.1, 0.15) is 49.8 Å². The summed E-state index contributed by atoms with van der Waals surface area (Å²) in [7, 11) is 0. The number of aryl methyl sites for hydroxylation is 3. The average molecular weight is 206 g/mol. The van der Waals surface area contributed by atoms with Crippen LogP contribution in [0.2, 0.25) is 0 Å². The molecule has 0 spiro atoms. The number of hydrogen-bond acceptors (Lipinski definition) is 1. The third-order valence-corrected chi connectivity index (χ3v) is 2.84. The standard InChI is InChI=1S/C14H22O/c1-4-6-7-8-13-10-11(3)9-12(5-2)14(13)15/h9-10,15H,4-8H2,1-3H3. The second-order valence-electron chi connectivity index (χ2n) is 4.24. The molecule has 0 aliphatic rings. The minimum atomic E-state index is 0.527. The monoisotopic (exact) mass is 206 g/mol. The Hall–Kier alpha value is -0.980. The lowest BCUT2D eigenvalue weighted by molar-refractivity contribution is 0.460. The van der Waals surface area contributed by atoms with Crippen molar-refractivity contribution in [2.24, 2.45) is 0 Å². The van der Waals surface area contributed by atoms with Gasteiger partial charge in [-0.3, -0.25) is 0 Å². The molecule has 1 rings (SSSR count). The summed E-state index contributed by atoms with van der Waals surface area (Å²) in [5, 5.41) is 10.0. The SMILES string of the molecule is CCCCCc1cc(C)cc(CC)c1O. The minimum Gasteiger partial charge on any atom is -0.507 e. The molecule has 1 aromatic rings. The average Bonchev–Trinajstić information content (AvgIpc) is 2.23. The van der Waals surface area contributed by atoms with Crippen LogP contribution in [-0.4, -0.2) is 5.11 Å². The Balaban J connectivity index is 2.81. The quantitative estimate of drug-likeness (QED) is 0.722. The van der Waals surface area contributed by atoms with Crippen LogP contribution in [0.3, 0.4) is 0 Å². The number of aromatic hydroxyl groups is 1. The van der Waals surface area contributed by atoms with Crippen LogP contribution >= 0.6 is 0 Å². The minimum absolute atomic E-state index is 0.527. The highest BCUT2D eigenvalue weighted by atomic mass is 16.3. The summed E-state index contributed by atoms with van der Waals surface area (Å²) in [4.78, 5) is 0. The molecule has 1 aromatic carbocycles. The van der Waals surface area contributed by atoms with Crippen molar-refractivity contribution in [2.75, 3.05) is 0 Å². The number of phenols is 1. The van der Waals surface area contributed by atoms with Crippen LogP contribution in [0, 0.1) is 6.92 Å². The van der Waals surface area contributed by atoms with Gasteiger partial charge in [0.05, 0.1) is 0 Å². The fraction of sp³-hybridized carbons (Fsp3) is 0.571. The predicted octanol–water partition coefficient (Wildman–Crippen LogP) is 4.00. The van der Waals surface area contributed by atoms with Crippen molar-refractivity contribution in [3.05, 3.63) is 28.8 Å². The van der Waals surface area contributed by atoms with Crippen molar-refractivity contribution in [2.45, 2.75) is 52.9 Å². The van der Waals surface area contributed by atoms with Crippen LogP contribution in [0.25, 0.3) is 0 Å². The van der Waals surface area contributed by atoms with Gasteiger partial charge in [-0.15, -0.1) is 0 Å². The zero-order valence-corrected chi connectivity index (χ0v) is 10.1. The molecule has 0 aliphatic carbocycles. The van der Waals surface area contributed by atoms with Gasteiger partial charge in [0, 0.05) is 0 Å². The summed E-state index contributed by atoms with van der Waals surface area (Å²) in [6.45, 7) is 6.39. The van der Waals surface area contributed by atoms with Gasteiger partial charge in [0.25, 0.3) is 0 Å². The Morgan fingerprint density at radius 3 is 2.33 bits per heavy atom. The van der Waals surface area contributed by atoms with E-state index >= 15 is 0 Å². The smallest absolute Gasteiger partial charge is 0.121 e. The normalized spacial score (nSPS) is 10.6. The Kier molecular flexibility index (Phi) is 4.67. The van der Waals surface area contributed by atoms with Gasteiger partial charge in [0.15, 0.2) is 0 Å². The topological polar surface area (TPSA) is 20.2 Å². The van der Waals surface area contributed by atoms with E-state index in [2.05, 4.69) is 32.9 Å². The van der Waals surface area contributed by atoms with Gasteiger partial charge in [0.2, 0.25) is 0 Å². The van der Waals surface area contributed by atoms with E-state index in [1.807, 2.05) is 0 Å². The van der Waals surface area contributed by atoms with E-state index in [1.165, 1.54) is 24.8 Å². The predicted molar refractivity (Wildman–Crippen MR) is 65.5 cm³/mol. The highest BCUT2D eigenvalue weighted by Crippen LogP contribution is 2.26. The highest BCUT2D eigenvalue weighted by Gasteiger charge is 2.06. The molecule has 0 saturated carbocycles. The summed E-state index contributed by atoms with van der Waals surface area (Å²) in [6.07, 6.45) is 5.57. The van der Waals surface area contributed by atoms with E-state index in [4.69, 9.17) is 0 Å². The molecular weight excluding hydrogens is 184 g/mol. The fourth-order valence-corrected chi connectivity index (χ4v) is 1.96. The third kappa shape index (κ3) is 3.26. The number of benzene rings is 1. The van der Waals surface area contributed by atoms with E-state index in [-0.39, 0.29) is 0 Å². The second-order valence-corrected chi connectivity index (χ2v) is 4.24. The molecule has 1 heteroatoms. The molecule has 0 fully saturated rings. The van der Waals surface area contributed by atoms with Gasteiger partial charge in [-0.2, -0.15) is 0 Å². The van der Waals surface area contributed by atoms with Gasteiger partial charge in [-0.1, -0.05) is 44.4 Å². The molecule has 0 aromatic heterocycles. The van der Waals surface area contributed by atoms with Crippen molar-refractivity contribution in [1.29, 1.82) is 0 Å². The van der Waals surface area contributed by atoms with Crippen LogP contribution in [0.15, 0.2) is 12.1 Å². The molecule has 84 valence electrons. The maximum atomic E-state index is 10.0. The zero-order chi connectivity index (χ0) is 11.3. The summed E-state index contributed by atoms with van der Waals surface area (Å²) >= 11 is 0. The lowest BCUT2D eigenvalue weighted by atomic mass is 9.99. The maximum Gasteiger partial charge on any atom is 0.121 e. The van der Waals surface area contributed by atoms with Crippen molar-refractivity contribution in [3.8, 4) is 5.75 Å². The van der Waals surface area contributed by atoms with Crippen LogP contribution < -0.4 is 0 Å². The molecule has 0 bridgehead atoms. The number of unbranched alkanes of at least 4 members (excludes halogenated alkanes) is 2. The molecule has 0 aliphatic heterocycles. The first kappa shape index (κ1) is 12.1. The zero-order valence-electron chi connectivity index (χ0n) is 10.1. The molecule has 0 atom stereocenters. The van der Waals surface area contributed by atoms with Gasteiger partial charge in [-0.25, -0.2) is 0 Å². The van der Waals surface area contributed by atoms with Gasteiger partial charge in [-0.05, 0) is 37.3 Å². The first-order valence-corrected chi connectivity index (χ1v) is 6.00. The van der Waals surface area contributed by atoms with E-state index in [1.54, 1.807) is 0 Å². The largest absolute Gasteiger partial charge is 0.507 e. The van der Waals surface area contributed by atoms with Crippen molar-refractivity contribution >= 4 is 0 Å². The molecule has 0 saturated heterocycles. The summed E-state index contributed by atoms with van der Waals surface area (Å²) in [5.41, 5.74) is 3.47. The molecular formula is C14H22O. The Morgan fingerprint density at radius 2 is 1.73 bits per heavy atom. The van der Waals surface area contributed by atoms with Gasteiger partial charge in [0.1, 0.15) is 5.75 Å². The number of hydrogen-bond donors (Lipinski definition) is 1. The van der Waals surface area contributed by atoms with Crippen LogP contribution in [0.4, 0.5) is 0 Å². The Morgan fingerprint density at radius 1 is 1.07 bits per heavy atom. The van der Waals surface area contributed by atoms with Crippen LogP contribution in [0.5, 0.6) is 5.75 Å². The summed E-state index contributed by atoms with van der Waals surface area (Å²) in [6, 6.07) is 4.20. The molecule has 1 N–H and O–H groups in total. The summed E-state index contributed by atoms with van der Waals surface area (Å²) in [5.74, 6) is 0.527. The van der Waals surface area contributed by atoms with E-state index < -0.39 is 0 Å². The third-order valence-electron chi connectivity index (χ3n) is 2.84. The molecule has 15 heavy (non-hydrogen) atoms. The Labute approximate surface area is 93.1 Å². The van der Waals surface area contributed by atoms with E-state index in [0.29, 0.717) is 5.75 Å².